The molecule has 1 aliphatic rings. The van der Waals surface area contributed by atoms with E-state index in [4.69, 9.17) is 4.74 Å². The lowest BCUT2D eigenvalue weighted by Crippen LogP contribution is -2.43. The lowest BCUT2D eigenvalue weighted by Gasteiger charge is -2.42. The highest BCUT2D eigenvalue weighted by atomic mass is 16.5. The van der Waals surface area contributed by atoms with Crippen LogP contribution in [0.25, 0.3) is 0 Å². The van der Waals surface area contributed by atoms with Crippen LogP contribution >= 0.6 is 0 Å². The molecule has 0 spiro atoms. The molecule has 1 fully saturated rings. The smallest absolute Gasteiger partial charge is 0.347 e. The zero-order chi connectivity index (χ0) is 20.3. The topological polar surface area (TPSA) is 70.0 Å². The van der Waals surface area contributed by atoms with Crippen LogP contribution in [0.5, 0.6) is 11.5 Å². The zero-order valence-corrected chi connectivity index (χ0v) is 16.8. The third-order valence-electron chi connectivity index (χ3n) is 5.61. The summed E-state index contributed by atoms with van der Waals surface area (Å²) in [7, 11) is 3.96. The van der Waals surface area contributed by atoms with Gasteiger partial charge in [0.05, 0.1) is 5.60 Å². The molecule has 2 unspecified atom stereocenters. The largest absolute Gasteiger partial charge is 0.507 e. The molecule has 0 aromatic heterocycles. The molecular weight excluding hydrogens is 354 g/mol. The number of aromatic hydroxyl groups is 1. The standard InChI is InChI=1S/C23H29NO4/c1-16-12-13-19(22(26)28-18-10-5-4-6-11-18)21(25)20(16)23(27)14-8-7-9-17(23)15-24(2)3/h4-6,10-13,17,25,27H,7-9,14-15H2,1-3H3. The maximum absolute atomic E-state index is 12.7. The van der Waals surface area contributed by atoms with Gasteiger partial charge in [-0.2, -0.15) is 0 Å². The molecule has 5 nitrogen and oxygen atoms in total. The first-order chi connectivity index (χ1) is 13.3. The van der Waals surface area contributed by atoms with Crippen molar-refractivity contribution in [2.45, 2.75) is 38.2 Å². The number of aryl methyl sites for hydroxylation is 1. The van der Waals surface area contributed by atoms with Crippen molar-refractivity contribution in [3.8, 4) is 11.5 Å². The van der Waals surface area contributed by atoms with Gasteiger partial charge in [0.1, 0.15) is 17.1 Å². The minimum Gasteiger partial charge on any atom is -0.507 e. The third kappa shape index (κ3) is 4.05. The second-order valence-electron chi connectivity index (χ2n) is 7.99. The summed E-state index contributed by atoms with van der Waals surface area (Å²) in [5, 5.41) is 22.7. The first-order valence-electron chi connectivity index (χ1n) is 9.80. The minimum absolute atomic E-state index is 0.0127. The first-order valence-corrected chi connectivity index (χ1v) is 9.80. The Morgan fingerprint density at radius 3 is 2.57 bits per heavy atom. The van der Waals surface area contributed by atoms with E-state index in [1.807, 2.05) is 27.1 Å². The van der Waals surface area contributed by atoms with Gasteiger partial charge in [0, 0.05) is 18.0 Å². The Kier molecular flexibility index (Phi) is 6.06. The molecule has 2 atom stereocenters. The van der Waals surface area contributed by atoms with Crippen LogP contribution in [-0.4, -0.2) is 41.7 Å². The number of para-hydroxylation sites is 1. The number of hydrogen-bond acceptors (Lipinski definition) is 5. The quantitative estimate of drug-likeness (QED) is 0.606. The van der Waals surface area contributed by atoms with Crippen LogP contribution < -0.4 is 4.74 Å². The number of phenols is 1. The molecule has 1 saturated carbocycles. The van der Waals surface area contributed by atoms with Gasteiger partial charge in [-0.1, -0.05) is 37.1 Å². The summed E-state index contributed by atoms with van der Waals surface area (Å²) in [5.41, 5.74) is 0.148. The highest BCUT2D eigenvalue weighted by molar-refractivity contribution is 5.94. The Labute approximate surface area is 166 Å². The predicted molar refractivity (Wildman–Crippen MR) is 109 cm³/mol. The molecule has 0 heterocycles. The van der Waals surface area contributed by atoms with E-state index in [9.17, 15) is 15.0 Å². The summed E-state index contributed by atoms with van der Waals surface area (Å²) < 4.78 is 5.40. The molecule has 28 heavy (non-hydrogen) atoms. The number of nitrogens with zero attached hydrogens (tertiary/aromatic N) is 1. The van der Waals surface area contributed by atoms with Crippen molar-refractivity contribution in [1.29, 1.82) is 0 Å². The second kappa shape index (κ2) is 8.33. The zero-order valence-electron chi connectivity index (χ0n) is 16.8. The van der Waals surface area contributed by atoms with E-state index >= 15 is 0 Å². The maximum Gasteiger partial charge on any atom is 0.347 e. The van der Waals surface area contributed by atoms with Crippen LogP contribution in [0.2, 0.25) is 0 Å². The number of rotatable bonds is 5. The summed E-state index contributed by atoms with van der Waals surface area (Å²) >= 11 is 0. The number of carbonyl (C=O) groups is 1. The Bertz CT molecular complexity index is 834. The molecule has 2 N–H and O–H groups in total. The first kappa shape index (κ1) is 20.4. The van der Waals surface area contributed by atoms with E-state index in [0.29, 0.717) is 24.3 Å². The molecular formula is C23H29NO4. The molecule has 2 aromatic carbocycles. The van der Waals surface area contributed by atoms with Gasteiger partial charge in [-0.05, 0) is 57.6 Å². The average molecular weight is 383 g/mol. The highest BCUT2D eigenvalue weighted by Gasteiger charge is 2.44. The van der Waals surface area contributed by atoms with Crippen LogP contribution in [0.1, 0.15) is 47.2 Å². The fourth-order valence-electron chi connectivity index (χ4n) is 4.29. The third-order valence-corrected chi connectivity index (χ3v) is 5.61. The van der Waals surface area contributed by atoms with Crippen LogP contribution in [0.15, 0.2) is 42.5 Å². The SMILES string of the molecule is Cc1ccc(C(=O)Oc2ccccc2)c(O)c1C1(O)CCCCC1CN(C)C. The summed E-state index contributed by atoms with van der Waals surface area (Å²) in [6.45, 7) is 2.58. The molecule has 2 aromatic rings. The van der Waals surface area contributed by atoms with Crippen molar-refractivity contribution in [2.75, 3.05) is 20.6 Å². The van der Waals surface area contributed by atoms with Crippen LogP contribution in [-0.2, 0) is 5.60 Å². The van der Waals surface area contributed by atoms with Crippen molar-refractivity contribution in [2.24, 2.45) is 5.92 Å². The van der Waals surface area contributed by atoms with Crippen molar-refractivity contribution in [3.63, 3.8) is 0 Å². The van der Waals surface area contributed by atoms with E-state index in [-0.39, 0.29) is 17.2 Å². The summed E-state index contributed by atoms with van der Waals surface area (Å²) in [5.74, 6) is -0.403. The van der Waals surface area contributed by atoms with Gasteiger partial charge in [0.25, 0.3) is 0 Å². The Morgan fingerprint density at radius 2 is 1.89 bits per heavy atom. The molecule has 0 bridgehead atoms. The molecule has 0 amide bonds. The fourth-order valence-corrected chi connectivity index (χ4v) is 4.29. The molecule has 1 aliphatic carbocycles. The van der Waals surface area contributed by atoms with Gasteiger partial charge < -0.3 is 19.8 Å². The summed E-state index contributed by atoms with van der Waals surface area (Å²) in [4.78, 5) is 14.7. The Balaban J connectivity index is 1.99. The monoisotopic (exact) mass is 383 g/mol. The number of benzene rings is 2. The number of carbonyl (C=O) groups excluding carboxylic acids is 1. The van der Waals surface area contributed by atoms with E-state index in [1.54, 1.807) is 36.4 Å². The Hall–Kier alpha value is -2.37. The second-order valence-corrected chi connectivity index (χ2v) is 7.99. The molecule has 150 valence electrons. The van der Waals surface area contributed by atoms with Gasteiger partial charge >= 0.3 is 5.97 Å². The lowest BCUT2D eigenvalue weighted by molar-refractivity contribution is -0.0637. The van der Waals surface area contributed by atoms with E-state index in [0.717, 1.165) is 24.8 Å². The van der Waals surface area contributed by atoms with Crippen molar-refractivity contribution < 1.29 is 19.7 Å². The molecule has 5 heteroatoms. The number of ether oxygens (including phenoxy) is 1. The number of esters is 1. The number of aliphatic hydroxyl groups is 1. The van der Waals surface area contributed by atoms with Gasteiger partial charge in [0.2, 0.25) is 0 Å². The van der Waals surface area contributed by atoms with Crippen molar-refractivity contribution in [3.05, 3.63) is 59.2 Å². The number of hydrogen-bond donors (Lipinski definition) is 2. The molecule has 0 saturated heterocycles. The van der Waals surface area contributed by atoms with Crippen molar-refractivity contribution in [1.82, 2.24) is 4.90 Å². The van der Waals surface area contributed by atoms with Crippen LogP contribution in [0.3, 0.4) is 0 Å². The van der Waals surface area contributed by atoms with Gasteiger partial charge in [-0.25, -0.2) is 4.79 Å². The van der Waals surface area contributed by atoms with Gasteiger partial charge in [-0.15, -0.1) is 0 Å². The van der Waals surface area contributed by atoms with E-state index < -0.39 is 11.6 Å². The fraction of sp³-hybridized carbons (Fsp3) is 0.435. The maximum atomic E-state index is 12.7. The number of phenolic OH excluding ortho intramolecular Hbond substituents is 1. The minimum atomic E-state index is -1.17. The Morgan fingerprint density at radius 1 is 1.18 bits per heavy atom. The predicted octanol–water partition coefficient (Wildman–Crippen LogP) is 3.86. The normalized spacial score (nSPS) is 22.2. The summed E-state index contributed by atoms with van der Waals surface area (Å²) in [6, 6.07) is 12.1. The van der Waals surface area contributed by atoms with Gasteiger partial charge in [-0.3, -0.25) is 0 Å². The van der Waals surface area contributed by atoms with Gasteiger partial charge in [0.15, 0.2) is 0 Å². The highest BCUT2D eigenvalue weighted by Crippen LogP contribution is 2.47. The van der Waals surface area contributed by atoms with Crippen molar-refractivity contribution >= 4 is 5.97 Å². The molecule has 3 rings (SSSR count). The van der Waals surface area contributed by atoms with Crippen LogP contribution in [0.4, 0.5) is 0 Å². The van der Waals surface area contributed by atoms with Crippen LogP contribution in [0, 0.1) is 12.8 Å². The summed E-state index contributed by atoms with van der Waals surface area (Å²) in [6.07, 6.45) is 3.39. The lowest BCUT2D eigenvalue weighted by atomic mass is 9.69. The van der Waals surface area contributed by atoms with E-state index in [2.05, 4.69) is 4.90 Å². The molecule has 0 aliphatic heterocycles. The average Bonchev–Trinajstić information content (AvgIpc) is 2.64. The molecule has 0 radical (unpaired) electrons. The van der Waals surface area contributed by atoms with E-state index in [1.165, 1.54) is 0 Å².